The molecule has 20 heavy (non-hydrogen) atoms. The molecule has 1 heterocycles. The standard InChI is InChI=1S/C15H19NO4/c1-10(9-20-2)5-14(17)16-7-12-4-3-11(15(18)19)6-13(12)8-16/h3-4,6,10H,5,7-9H2,1-2H3,(H,18,19). The third kappa shape index (κ3) is 3.17. The molecule has 1 unspecified atom stereocenters. The van der Waals surface area contributed by atoms with Crippen LogP contribution in [0.15, 0.2) is 18.2 Å². The van der Waals surface area contributed by atoms with Crippen molar-refractivity contribution >= 4 is 11.9 Å². The van der Waals surface area contributed by atoms with Gasteiger partial charge in [0, 0.05) is 33.2 Å². The molecule has 1 aromatic carbocycles. The second-order valence-electron chi connectivity index (χ2n) is 5.30. The van der Waals surface area contributed by atoms with Crippen molar-refractivity contribution < 1.29 is 19.4 Å². The van der Waals surface area contributed by atoms with Crippen molar-refractivity contribution in [3.8, 4) is 0 Å². The Morgan fingerprint density at radius 1 is 1.35 bits per heavy atom. The summed E-state index contributed by atoms with van der Waals surface area (Å²) in [7, 11) is 1.63. The van der Waals surface area contributed by atoms with E-state index in [9.17, 15) is 9.59 Å². The van der Waals surface area contributed by atoms with E-state index < -0.39 is 5.97 Å². The number of hydrogen-bond acceptors (Lipinski definition) is 3. The molecule has 0 bridgehead atoms. The first-order chi connectivity index (χ1) is 9.51. The van der Waals surface area contributed by atoms with Crippen molar-refractivity contribution in [3.63, 3.8) is 0 Å². The maximum Gasteiger partial charge on any atom is 0.335 e. The number of rotatable bonds is 5. The van der Waals surface area contributed by atoms with Crippen LogP contribution in [0.3, 0.4) is 0 Å². The largest absolute Gasteiger partial charge is 0.478 e. The van der Waals surface area contributed by atoms with Crippen molar-refractivity contribution in [1.82, 2.24) is 4.90 Å². The Hall–Kier alpha value is -1.88. The number of carboxylic acid groups (broad SMARTS) is 1. The molecule has 2 rings (SSSR count). The van der Waals surface area contributed by atoms with E-state index in [4.69, 9.17) is 9.84 Å². The number of hydrogen-bond donors (Lipinski definition) is 1. The Morgan fingerprint density at radius 3 is 2.70 bits per heavy atom. The lowest BCUT2D eigenvalue weighted by molar-refractivity contribution is -0.133. The van der Waals surface area contributed by atoms with Crippen LogP contribution < -0.4 is 0 Å². The summed E-state index contributed by atoms with van der Waals surface area (Å²) in [4.78, 5) is 24.9. The minimum Gasteiger partial charge on any atom is -0.478 e. The maximum atomic E-state index is 12.2. The summed E-state index contributed by atoms with van der Waals surface area (Å²) in [5.74, 6) is -0.667. The van der Waals surface area contributed by atoms with Crippen molar-refractivity contribution in [2.75, 3.05) is 13.7 Å². The molecule has 0 saturated carbocycles. The second-order valence-corrected chi connectivity index (χ2v) is 5.30. The van der Waals surface area contributed by atoms with Gasteiger partial charge < -0.3 is 14.7 Å². The van der Waals surface area contributed by atoms with Crippen molar-refractivity contribution in [2.24, 2.45) is 5.92 Å². The fraction of sp³-hybridized carbons (Fsp3) is 0.467. The van der Waals surface area contributed by atoms with Gasteiger partial charge in [-0.1, -0.05) is 13.0 Å². The Kier molecular flexibility index (Phi) is 4.39. The summed E-state index contributed by atoms with van der Waals surface area (Å²) in [5, 5.41) is 8.97. The van der Waals surface area contributed by atoms with Crippen LogP contribution in [0.4, 0.5) is 0 Å². The van der Waals surface area contributed by atoms with Crippen LogP contribution >= 0.6 is 0 Å². The molecule has 0 fully saturated rings. The van der Waals surface area contributed by atoms with E-state index in [-0.39, 0.29) is 17.4 Å². The molecule has 0 saturated heterocycles. The van der Waals surface area contributed by atoms with Gasteiger partial charge >= 0.3 is 5.97 Å². The van der Waals surface area contributed by atoms with E-state index in [2.05, 4.69) is 0 Å². The minimum atomic E-state index is -0.939. The van der Waals surface area contributed by atoms with E-state index in [0.29, 0.717) is 26.1 Å². The summed E-state index contributed by atoms with van der Waals surface area (Å²) in [6.45, 7) is 3.60. The van der Waals surface area contributed by atoms with E-state index in [0.717, 1.165) is 11.1 Å². The van der Waals surface area contributed by atoms with Crippen LogP contribution in [-0.2, 0) is 22.6 Å². The van der Waals surface area contributed by atoms with Gasteiger partial charge in [-0.25, -0.2) is 4.79 Å². The summed E-state index contributed by atoms with van der Waals surface area (Å²) in [6.07, 6.45) is 0.452. The van der Waals surface area contributed by atoms with Gasteiger partial charge in [0.2, 0.25) is 5.91 Å². The molecule has 0 spiro atoms. The number of carbonyl (C=O) groups excluding carboxylic acids is 1. The number of ether oxygens (including phenoxy) is 1. The van der Waals surface area contributed by atoms with E-state index >= 15 is 0 Å². The number of nitrogens with zero attached hydrogens (tertiary/aromatic N) is 1. The lowest BCUT2D eigenvalue weighted by Gasteiger charge is -2.18. The summed E-state index contributed by atoms with van der Waals surface area (Å²) >= 11 is 0. The minimum absolute atomic E-state index is 0.0858. The molecule has 1 amide bonds. The van der Waals surface area contributed by atoms with E-state index in [1.165, 1.54) is 0 Å². The van der Waals surface area contributed by atoms with Crippen LogP contribution in [0.2, 0.25) is 0 Å². The quantitative estimate of drug-likeness (QED) is 0.892. The maximum absolute atomic E-state index is 12.2. The molecule has 1 aliphatic heterocycles. The second kappa shape index (κ2) is 6.05. The summed E-state index contributed by atoms with van der Waals surface area (Å²) in [5.41, 5.74) is 2.23. The number of methoxy groups -OCH3 is 1. The molecular weight excluding hydrogens is 258 g/mol. The molecule has 0 aromatic heterocycles. The van der Waals surface area contributed by atoms with Gasteiger partial charge in [-0.2, -0.15) is 0 Å². The predicted molar refractivity (Wildman–Crippen MR) is 73.3 cm³/mol. The van der Waals surface area contributed by atoms with Gasteiger partial charge in [-0.05, 0) is 29.2 Å². The molecule has 1 aliphatic rings. The highest BCUT2D eigenvalue weighted by molar-refractivity contribution is 5.88. The summed E-state index contributed by atoms with van der Waals surface area (Å²) < 4.78 is 5.04. The Balaban J connectivity index is 2.02. The third-order valence-electron chi connectivity index (χ3n) is 3.50. The molecule has 0 aliphatic carbocycles. The fourth-order valence-electron chi connectivity index (χ4n) is 2.47. The zero-order chi connectivity index (χ0) is 14.7. The molecule has 0 radical (unpaired) electrons. The fourth-order valence-corrected chi connectivity index (χ4v) is 2.47. The number of amides is 1. The number of carboxylic acids is 1. The molecule has 108 valence electrons. The zero-order valence-electron chi connectivity index (χ0n) is 11.8. The van der Waals surface area contributed by atoms with Crippen LogP contribution in [0.5, 0.6) is 0 Å². The zero-order valence-corrected chi connectivity index (χ0v) is 11.8. The molecule has 1 N–H and O–H groups in total. The van der Waals surface area contributed by atoms with Crippen LogP contribution in [0.25, 0.3) is 0 Å². The molecular formula is C15H19NO4. The third-order valence-corrected chi connectivity index (χ3v) is 3.50. The normalized spacial score (nSPS) is 15.0. The van der Waals surface area contributed by atoms with Crippen molar-refractivity contribution in [2.45, 2.75) is 26.4 Å². The Labute approximate surface area is 118 Å². The number of aromatic carboxylic acids is 1. The monoisotopic (exact) mass is 277 g/mol. The van der Waals surface area contributed by atoms with Gasteiger partial charge in [0.15, 0.2) is 0 Å². The number of fused-ring (bicyclic) bond motifs is 1. The topological polar surface area (TPSA) is 66.8 Å². The van der Waals surface area contributed by atoms with E-state index in [1.807, 2.05) is 6.92 Å². The molecule has 1 aromatic rings. The van der Waals surface area contributed by atoms with Gasteiger partial charge in [0.1, 0.15) is 0 Å². The Bertz CT molecular complexity index is 527. The van der Waals surface area contributed by atoms with E-state index in [1.54, 1.807) is 30.2 Å². The first-order valence-electron chi connectivity index (χ1n) is 6.63. The van der Waals surface area contributed by atoms with Crippen LogP contribution in [0, 0.1) is 5.92 Å². The Morgan fingerprint density at radius 2 is 2.05 bits per heavy atom. The first kappa shape index (κ1) is 14.5. The molecule has 1 atom stereocenters. The summed E-state index contributed by atoms with van der Waals surface area (Å²) in [6, 6.07) is 5.04. The number of benzene rings is 1. The van der Waals surface area contributed by atoms with Crippen molar-refractivity contribution in [1.29, 1.82) is 0 Å². The highest BCUT2D eigenvalue weighted by atomic mass is 16.5. The number of carbonyl (C=O) groups is 2. The van der Waals surface area contributed by atoms with Crippen LogP contribution in [-0.4, -0.2) is 35.6 Å². The highest BCUT2D eigenvalue weighted by Crippen LogP contribution is 2.25. The average molecular weight is 277 g/mol. The van der Waals surface area contributed by atoms with Crippen molar-refractivity contribution in [3.05, 3.63) is 34.9 Å². The smallest absolute Gasteiger partial charge is 0.335 e. The lowest BCUT2D eigenvalue weighted by atomic mass is 10.1. The van der Waals surface area contributed by atoms with Gasteiger partial charge in [-0.15, -0.1) is 0 Å². The molecule has 5 heteroatoms. The first-order valence-corrected chi connectivity index (χ1v) is 6.63. The van der Waals surface area contributed by atoms with Gasteiger partial charge in [0.05, 0.1) is 5.56 Å². The molecule has 5 nitrogen and oxygen atoms in total. The lowest BCUT2D eigenvalue weighted by Crippen LogP contribution is -2.27. The van der Waals surface area contributed by atoms with Gasteiger partial charge in [-0.3, -0.25) is 4.79 Å². The van der Waals surface area contributed by atoms with Crippen LogP contribution in [0.1, 0.15) is 34.8 Å². The van der Waals surface area contributed by atoms with Gasteiger partial charge in [0.25, 0.3) is 0 Å². The average Bonchev–Trinajstić information content (AvgIpc) is 2.81. The SMILES string of the molecule is COCC(C)CC(=O)N1Cc2ccc(C(=O)O)cc2C1. The predicted octanol–water partition coefficient (Wildman–Crippen LogP) is 1.90. The highest BCUT2D eigenvalue weighted by Gasteiger charge is 2.25.